The molecule has 2 aromatic carbocycles. The average Bonchev–Trinajstić information content (AvgIpc) is 3.26. The Morgan fingerprint density at radius 1 is 1.23 bits per heavy atom. The zero-order chi connectivity index (χ0) is 21.3. The molecule has 1 fully saturated rings. The Morgan fingerprint density at radius 3 is 2.77 bits per heavy atom. The van der Waals surface area contributed by atoms with E-state index in [1.165, 1.54) is 0 Å². The van der Waals surface area contributed by atoms with Crippen molar-refractivity contribution >= 4 is 41.5 Å². The summed E-state index contributed by atoms with van der Waals surface area (Å²) in [5.74, 6) is 1.63. The summed E-state index contributed by atoms with van der Waals surface area (Å²) >= 11 is 0. The van der Waals surface area contributed by atoms with E-state index in [9.17, 15) is 4.79 Å². The Hall–Kier alpha value is -2.49. The van der Waals surface area contributed by atoms with Crippen molar-refractivity contribution in [1.29, 1.82) is 0 Å². The second kappa shape index (κ2) is 12.4. The van der Waals surface area contributed by atoms with Crippen LogP contribution in [0.1, 0.15) is 22.3 Å². The van der Waals surface area contributed by atoms with Crippen molar-refractivity contribution in [1.82, 2.24) is 16.0 Å². The maximum atomic E-state index is 11.8. The highest BCUT2D eigenvalue weighted by Crippen LogP contribution is 2.30. The first-order valence-corrected chi connectivity index (χ1v) is 10.3. The van der Waals surface area contributed by atoms with Crippen molar-refractivity contribution in [3.8, 4) is 5.75 Å². The smallest absolute Gasteiger partial charge is 0.251 e. The number of anilines is 1. The molecule has 1 aliphatic rings. The van der Waals surface area contributed by atoms with E-state index < -0.39 is 0 Å². The van der Waals surface area contributed by atoms with E-state index in [0.717, 1.165) is 55.4 Å². The second-order valence-electron chi connectivity index (χ2n) is 7.28. The third-order valence-corrected chi connectivity index (χ3v) is 5.30. The quantitative estimate of drug-likeness (QED) is 0.288. The summed E-state index contributed by atoms with van der Waals surface area (Å²) in [6.07, 6.45) is 1.84. The van der Waals surface area contributed by atoms with E-state index in [1.807, 2.05) is 42.5 Å². The van der Waals surface area contributed by atoms with Crippen molar-refractivity contribution in [2.24, 2.45) is 4.99 Å². The van der Waals surface area contributed by atoms with Gasteiger partial charge in [-0.05, 0) is 42.7 Å². The molecule has 3 N–H and O–H groups in total. The normalized spacial score (nSPS) is 15.8. The first kappa shape index (κ1) is 24.8. The molecule has 3 rings (SSSR count). The molecule has 1 amide bonds. The molecule has 1 unspecified atom stereocenters. The molecule has 7 nitrogen and oxygen atoms in total. The van der Waals surface area contributed by atoms with E-state index in [1.54, 1.807) is 21.2 Å². The van der Waals surface area contributed by atoms with Gasteiger partial charge in [-0.15, -0.1) is 24.0 Å². The lowest BCUT2D eigenvalue weighted by Gasteiger charge is -2.22. The monoisotopic (exact) mass is 537 g/mol. The van der Waals surface area contributed by atoms with E-state index in [-0.39, 0.29) is 29.9 Å². The number of methoxy groups -OCH3 is 1. The van der Waals surface area contributed by atoms with Crippen LogP contribution in [0.5, 0.6) is 5.75 Å². The minimum Gasteiger partial charge on any atom is -0.495 e. The van der Waals surface area contributed by atoms with Crippen molar-refractivity contribution in [3.05, 3.63) is 59.7 Å². The lowest BCUT2D eigenvalue weighted by molar-refractivity contribution is 0.0963. The zero-order valence-electron chi connectivity index (χ0n) is 18.4. The van der Waals surface area contributed by atoms with Crippen molar-refractivity contribution in [2.75, 3.05) is 45.7 Å². The summed E-state index contributed by atoms with van der Waals surface area (Å²) in [6.45, 7) is 2.61. The summed E-state index contributed by atoms with van der Waals surface area (Å²) in [6, 6.07) is 16.1. The minimum atomic E-state index is -0.0666. The summed E-state index contributed by atoms with van der Waals surface area (Å²) in [5, 5.41) is 9.56. The van der Waals surface area contributed by atoms with Crippen LogP contribution in [0, 0.1) is 0 Å². The van der Waals surface area contributed by atoms with Gasteiger partial charge in [0.1, 0.15) is 5.75 Å². The van der Waals surface area contributed by atoms with Gasteiger partial charge in [-0.3, -0.25) is 9.79 Å². The lowest BCUT2D eigenvalue weighted by Crippen LogP contribution is -2.45. The largest absolute Gasteiger partial charge is 0.495 e. The number of aliphatic imine (C=N–C) groups is 1. The number of carbonyl (C=O) groups excluding carboxylic acids is 1. The van der Waals surface area contributed by atoms with Gasteiger partial charge >= 0.3 is 0 Å². The number of guanidine groups is 1. The number of rotatable bonds is 7. The van der Waals surface area contributed by atoms with Crippen LogP contribution in [0.3, 0.4) is 0 Å². The molecule has 2 aromatic rings. The fourth-order valence-electron chi connectivity index (χ4n) is 3.71. The number of carbonyl (C=O) groups is 1. The van der Waals surface area contributed by atoms with Crippen LogP contribution in [-0.2, 0) is 6.42 Å². The molecule has 31 heavy (non-hydrogen) atoms. The van der Waals surface area contributed by atoms with E-state index >= 15 is 0 Å². The third kappa shape index (κ3) is 6.75. The van der Waals surface area contributed by atoms with Crippen LogP contribution < -0.4 is 25.6 Å². The predicted molar refractivity (Wildman–Crippen MR) is 137 cm³/mol. The Labute approximate surface area is 201 Å². The van der Waals surface area contributed by atoms with Crippen LogP contribution in [0.25, 0.3) is 0 Å². The number of benzene rings is 2. The van der Waals surface area contributed by atoms with Gasteiger partial charge < -0.3 is 25.6 Å². The van der Waals surface area contributed by atoms with Gasteiger partial charge in [-0.1, -0.05) is 24.3 Å². The van der Waals surface area contributed by atoms with Crippen molar-refractivity contribution in [3.63, 3.8) is 0 Å². The highest BCUT2D eigenvalue weighted by Gasteiger charge is 2.25. The molecule has 1 atom stereocenters. The summed E-state index contributed by atoms with van der Waals surface area (Å²) in [4.78, 5) is 18.5. The van der Waals surface area contributed by atoms with Crippen LogP contribution in [-0.4, -0.2) is 58.7 Å². The number of halogens is 1. The molecule has 0 radical (unpaired) electrons. The van der Waals surface area contributed by atoms with Gasteiger partial charge in [0.25, 0.3) is 5.91 Å². The van der Waals surface area contributed by atoms with E-state index in [2.05, 4.69) is 31.9 Å². The van der Waals surface area contributed by atoms with Crippen LogP contribution >= 0.6 is 24.0 Å². The Bertz CT molecular complexity index is 890. The molecule has 0 aromatic heterocycles. The molecule has 0 bridgehead atoms. The van der Waals surface area contributed by atoms with Gasteiger partial charge in [-0.25, -0.2) is 0 Å². The number of ether oxygens (including phenoxy) is 1. The molecule has 168 valence electrons. The number of hydrogen-bond acceptors (Lipinski definition) is 4. The molecule has 1 aliphatic heterocycles. The van der Waals surface area contributed by atoms with Crippen molar-refractivity contribution in [2.45, 2.75) is 18.9 Å². The van der Waals surface area contributed by atoms with Crippen molar-refractivity contribution < 1.29 is 9.53 Å². The number of para-hydroxylation sites is 2. The predicted octanol–water partition coefficient (Wildman–Crippen LogP) is 2.66. The fraction of sp³-hybridized carbons (Fsp3) is 0.391. The minimum absolute atomic E-state index is 0. The Morgan fingerprint density at radius 2 is 2.03 bits per heavy atom. The Balaban J connectivity index is 0.00000341. The van der Waals surface area contributed by atoms with Gasteiger partial charge in [0.05, 0.1) is 12.8 Å². The topological polar surface area (TPSA) is 78.0 Å². The molecule has 1 heterocycles. The highest BCUT2D eigenvalue weighted by molar-refractivity contribution is 14.0. The number of hydrogen-bond donors (Lipinski definition) is 3. The van der Waals surface area contributed by atoms with Gasteiger partial charge in [0.2, 0.25) is 0 Å². The molecule has 0 saturated carbocycles. The number of amides is 1. The van der Waals surface area contributed by atoms with Crippen LogP contribution in [0.15, 0.2) is 53.5 Å². The van der Waals surface area contributed by atoms with Gasteiger partial charge in [0, 0.05) is 45.3 Å². The van der Waals surface area contributed by atoms with E-state index in [4.69, 9.17) is 4.74 Å². The maximum absolute atomic E-state index is 11.8. The molecule has 1 saturated heterocycles. The number of nitrogens with one attached hydrogen (secondary N) is 3. The first-order chi connectivity index (χ1) is 14.6. The summed E-state index contributed by atoms with van der Waals surface area (Å²) in [5.41, 5.74) is 2.92. The Kier molecular flexibility index (Phi) is 9.90. The highest BCUT2D eigenvalue weighted by atomic mass is 127. The molecule has 0 aliphatic carbocycles. The summed E-state index contributed by atoms with van der Waals surface area (Å²) in [7, 11) is 5.14. The SMILES string of the molecule is CN=C(NCCc1cccc(C(=O)NC)c1)NC1CCN(c2ccccc2OC)C1.I. The van der Waals surface area contributed by atoms with Gasteiger partial charge in [0.15, 0.2) is 5.96 Å². The molecule has 8 heteroatoms. The standard InChI is InChI=1S/C23H31N5O2.HI/c1-24-22(29)18-8-6-7-17(15-18)11-13-26-23(25-2)27-19-12-14-28(16-19)20-9-4-5-10-21(20)30-3;/h4-10,15,19H,11-14,16H2,1-3H3,(H,24,29)(H2,25,26,27);1H. The fourth-order valence-corrected chi connectivity index (χ4v) is 3.71. The number of nitrogens with zero attached hydrogens (tertiary/aromatic N) is 2. The molecular formula is C23H32IN5O2. The maximum Gasteiger partial charge on any atom is 0.251 e. The van der Waals surface area contributed by atoms with Crippen LogP contribution in [0.4, 0.5) is 5.69 Å². The van der Waals surface area contributed by atoms with Crippen LogP contribution in [0.2, 0.25) is 0 Å². The van der Waals surface area contributed by atoms with Gasteiger partial charge in [-0.2, -0.15) is 0 Å². The average molecular weight is 537 g/mol. The third-order valence-electron chi connectivity index (χ3n) is 5.30. The second-order valence-corrected chi connectivity index (χ2v) is 7.28. The zero-order valence-corrected chi connectivity index (χ0v) is 20.7. The summed E-state index contributed by atoms with van der Waals surface area (Å²) < 4.78 is 5.50. The molecular weight excluding hydrogens is 505 g/mol. The lowest BCUT2D eigenvalue weighted by atomic mass is 10.1. The first-order valence-electron chi connectivity index (χ1n) is 10.3. The molecule has 0 spiro atoms. The van der Waals surface area contributed by atoms with E-state index in [0.29, 0.717) is 11.6 Å².